The van der Waals surface area contributed by atoms with Gasteiger partial charge >= 0.3 is 11.9 Å². The van der Waals surface area contributed by atoms with E-state index in [-0.39, 0.29) is 11.9 Å². The molecule has 0 bridgehead atoms. The van der Waals surface area contributed by atoms with Crippen LogP contribution in [0.15, 0.2) is 0 Å². The molecule has 0 spiro atoms. The van der Waals surface area contributed by atoms with Gasteiger partial charge in [-0.25, -0.2) is 0 Å². The molecule has 0 aliphatic rings. The summed E-state index contributed by atoms with van der Waals surface area (Å²) in [4.78, 5) is 23.1. The minimum Gasteiger partial charge on any atom is -0.466 e. The Morgan fingerprint density at radius 2 is 0.969 bits per heavy atom. The van der Waals surface area contributed by atoms with Gasteiger partial charge in [0.1, 0.15) is 0 Å². The molecular formula is C28H54O4. The summed E-state index contributed by atoms with van der Waals surface area (Å²) in [6.45, 7) is 7.37. The normalized spacial score (nSPS) is 12.0. The van der Waals surface area contributed by atoms with Crippen LogP contribution in [0.3, 0.4) is 0 Å². The molecule has 0 aromatic carbocycles. The highest BCUT2D eigenvalue weighted by molar-refractivity contribution is 5.69. The summed E-state index contributed by atoms with van der Waals surface area (Å²) in [6.07, 6.45) is 23.4. The molecular weight excluding hydrogens is 400 g/mol. The van der Waals surface area contributed by atoms with Crippen molar-refractivity contribution >= 4 is 11.9 Å². The van der Waals surface area contributed by atoms with E-state index in [1.807, 2.05) is 13.8 Å². The summed E-state index contributed by atoms with van der Waals surface area (Å²) in [6, 6.07) is 0. The van der Waals surface area contributed by atoms with Crippen molar-refractivity contribution in [2.75, 3.05) is 13.2 Å². The number of ether oxygens (including phenoxy) is 2. The third kappa shape index (κ3) is 22.1. The van der Waals surface area contributed by atoms with Gasteiger partial charge in [-0.05, 0) is 31.6 Å². The van der Waals surface area contributed by atoms with Gasteiger partial charge in [0.25, 0.3) is 0 Å². The lowest BCUT2D eigenvalue weighted by Gasteiger charge is -2.13. The standard InChI is InChI=1S/C28H54O4/c1-4-23-31-27(29)22-20-18-16-14-12-10-8-7-9-11-13-15-17-19-21-26(6-3)25-28(30)32-24-5-2/h26H,4-25H2,1-3H3. The average molecular weight is 455 g/mol. The highest BCUT2D eigenvalue weighted by Crippen LogP contribution is 2.19. The molecule has 0 aliphatic carbocycles. The highest BCUT2D eigenvalue weighted by Gasteiger charge is 2.12. The zero-order valence-electron chi connectivity index (χ0n) is 21.8. The van der Waals surface area contributed by atoms with Crippen LogP contribution in [-0.2, 0) is 19.1 Å². The summed E-state index contributed by atoms with van der Waals surface area (Å²) in [5.74, 6) is 0.464. The lowest BCUT2D eigenvalue weighted by atomic mass is 9.95. The molecule has 0 aliphatic heterocycles. The van der Waals surface area contributed by atoms with Crippen LogP contribution in [0, 0.1) is 5.92 Å². The number of carbonyl (C=O) groups excluding carboxylic acids is 2. The summed E-state index contributed by atoms with van der Waals surface area (Å²) < 4.78 is 10.3. The quantitative estimate of drug-likeness (QED) is 0.108. The molecule has 0 N–H and O–H groups in total. The lowest BCUT2D eigenvalue weighted by molar-refractivity contribution is -0.145. The molecule has 32 heavy (non-hydrogen) atoms. The summed E-state index contributed by atoms with van der Waals surface area (Å²) in [5, 5.41) is 0. The van der Waals surface area contributed by atoms with E-state index in [9.17, 15) is 9.59 Å². The second kappa shape index (κ2) is 24.6. The molecule has 1 unspecified atom stereocenters. The first kappa shape index (κ1) is 30.9. The SMILES string of the molecule is CCCOC(=O)CCCCCCCCCCCCCCCCC(CC)CC(=O)OCCC. The van der Waals surface area contributed by atoms with E-state index in [1.165, 1.54) is 83.5 Å². The first-order valence-corrected chi connectivity index (χ1v) is 13.9. The Labute approximate surface area is 199 Å². The Hall–Kier alpha value is -1.06. The van der Waals surface area contributed by atoms with E-state index in [4.69, 9.17) is 9.47 Å². The first-order chi connectivity index (χ1) is 15.6. The number of rotatable bonds is 24. The number of hydrogen-bond donors (Lipinski definition) is 0. The van der Waals surface area contributed by atoms with Crippen LogP contribution in [0.4, 0.5) is 0 Å². The van der Waals surface area contributed by atoms with E-state index in [0.717, 1.165) is 32.1 Å². The van der Waals surface area contributed by atoms with Crippen molar-refractivity contribution in [1.29, 1.82) is 0 Å². The molecule has 0 amide bonds. The van der Waals surface area contributed by atoms with Crippen LogP contribution in [-0.4, -0.2) is 25.2 Å². The smallest absolute Gasteiger partial charge is 0.306 e. The second-order valence-electron chi connectivity index (χ2n) is 9.41. The van der Waals surface area contributed by atoms with E-state index >= 15 is 0 Å². The third-order valence-corrected chi connectivity index (χ3v) is 6.21. The van der Waals surface area contributed by atoms with E-state index in [1.54, 1.807) is 0 Å². The topological polar surface area (TPSA) is 52.6 Å². The Balaban J connectivity index is 3.30. The molecule has 0 heterocycles. The number of esters is 2. The molecule has 0 rings (SSSR count). The Morgan fingerprint density at radius 3 is 1.41 bits per heavy atom. The molecule has 4 nitrogen and oxygen atoms in total. The number of hydrogen-bond acceptors (Lipinski definition) is 4. The van der Waals surface area contributed by atoms with Crippen LogP contribution in [0.2, 0.25) is 0 Å². The van der Waals surface area contributed by atoms with Gasteiger partial charge in [0, 0.05) is 12.8 Å². The van der Waals surface area contributed by atoms with Crippen molar-refractivity contribution < 1.29 is 19.1 Å². The Bertz CT molecular complexity index is 422. The number of unbranched alkanes of at least 4 members (excludes halogenated alkanes) is 13. The molecule has 1 atom stereocenters. The summed E-state index contributed by atoms with van der Waals surface area (Å²) in [7, 11) is 0. The monoisotopic (exact) mass is 454 g/mol. The van der Waals surface area contributed by atoms with Crippen molar-refractivity contribution in [2.45, 2.75) is 149 Å². The fourth-order valence-electron chi connectivity index (χ4n) is 4.07. The van der Waals surface area contributed by atoms with Crippen LogP contribution < -0.4 is 0 Å². The third-order valence-electron chi connectivity index (χ3n) is 6.21. The maximum Gasteiger partial charge on any atom is 0.306 e. The van der Waals surface area contributed by atoms with Crippen LogP contribution in [0.25, 0.3) is 0 Å². The van der Waals surface area contributed by atoms with Gasteiger partial charge in [-0.3, -0.25) is 9.59 Å². The molecule has 190 valence electrons. The van der Waals surface area contributed by atoms with Gasteiger partial charge in [0.05, 0.1) is 13.2 Å². The second-order valence-corrected chi connectivity index (χ2v) is 9.41. The Morgan fingerprint density at radius 1 is 0.562 bits per heavy atom. The fraction of sp³-hybridized carbons (Fsp3) is 0.929. The van der Waals surface area contributed by atoms with Crippen molar-refractivity contribution in [3.05, 3.63) is 0 Å². The largest absolute Gasteiger partial charge is 0.466 e. The molecule has 0 saturated heterocycles. The van der Waals surface area contributed by atoms with Gasteiger partial charge < -0.3 is 9.47 Å². The average Bonchev–Trinajstić information content (AvgIpc) is 2.80. The predicted molar refractivity (Wildman–Crippen MR) is 135 cm³/mol. The van der Waals surface area contributed by atoms with E-state index in [0.29, 0.717) is 32.0 Å². The van der Waals surface area contributed by atoms with Gasteiger partial charge in [-0.15, -0.1) is 0 Å². The Kier molecular flexibility index (Phi) is 23.8. The summed E-state index contributed by atoms with van der Waals surface area (Å²) in [5.41, 5.74) is 0. The first-order valence-electron chi connectivity index (χ1n) is 13.9. The van der Waals surface area contributed by atoms with Crippen molar-refractivity contribution in [2.24, 2.45) is 5.92 Å². The van der Waals surface area contributed by atoms with Gasteiger partial charge in [0.15, 0.2) is 0 Å². The molecule has 0 saturated carbocycles. The van der Waals surface area contributed by atoms with Gasteiger partial charge in [0.2, 0.25) is 0 Å². The van der Waals surface area contributed by atoms with Crippen LogP contribution in [0.1, 0.15) is 149 Å². The maximum atomic E-state index is 11.7. The van der Waals surface area contributed by atoms with Gasteiger partial charge in [-0.1, -0.05) is 111 Å². The minimum atomic E-state index is -0.0265. The van der Waals surface area contributed by atoms with Crippen molar-refractivity contribution in [3.63, 3.8) is 0 Å². The molecule has 0 radical (unpaired) electrons. The van der Waals surface area contributed by atoms with Crippen molar-refractivity contribution in [3.8, 4) is 0 Å². The highest BCUT2D eigenvalue weighted by atomic mass is 16.5. The maximum absolute atomic E-state index is 11.7. The van der Waals surface area contributed by atoms with E-state index < -0.39 is 0 Å². The zero-order valence-corrected chi connectivity index (χ0v) is 21.8. The summed E-state index contributed by atoms with van der Waals surface area (Å²) >= 11 is 0. The minimum absolute atomic E-state index is 0.0110. The predicted octanol–water partition coefficient (Wildman–Crippen LogP) is 8.55. The zero-order chi connectivity index (χ0) is 23.7. The molecule has 4 heteroatoms. The van der Waals surface area contributed by atoms with Crippen LogP contribution in [0.5, 0.6) is 0 Å². The van der Waals surface area contributed by atoms with Crippen molar-refractivity contribution in [1.82, 2.24) is 0 Å². The van der Waals surface area contributed by atoms with Gasteiger partial charge in [-0.2, -0.15) is 0 Å². The lowest BCUT2D eigenvalue weighted by Crippen LogP contribution is -2.11. The number of carbonyl (C=O) groups is 2. The molecule has 0 aromatic heterocycles. The molecule has 0 aromatic rings. The molecule has 0 fully saturated rings. The van der Waals surface area contributed by atoms with E-state index in [2.05, 4.69) is 6.92 Å². The van der Waals surface area contributed by atoms with Crippen LogP contribution >= 0.6 is 0 Å². The fourth-order valence-corrected chi connectivity index (χ4v) is 4.07.